The Morgan fingerprint density at radius 2 is 1.90 bits per heavy atom. The highest BCUT2D eigenvalue weighted by Crippen LogP contribution is 2.20. The Bertz CT molecular complexity index is 982. The number of anilines is 1. The smallest absolute Gasteiger partial charge is 0.322 e. The van der Waals surface area contributed by atoms with Gasteiger partial charge < -0.3 is 19.5 Å². The standard InChI is InChI=1S/C24H28ClN3O2/c1-18-6-9-20(10-7-18)16-27-12-4-5-22(27)17-28(13-14-30-3)24(29)26-21-11-8-19(2)23(25)15-21/h4-12,15H,13-14,16-17H2,1-3H3,(H,26,29). The first-order valence-corrected chi connectivity index (χ1v) is 10.3. The number of rotatable bonds is 8. The Labute approximate surface area is 183 Å². The molecule has 0 saturated heterocycles. The molecule has 3 aromatic rings. The van der Waals surface area contributed by atoms with E-state index in [9.17, 15) is 4.79 Å². The first-order chi connectivity index (χ1) is 14.5. The molecule has 0 bridgehead atoms. The maximum Gasteiger partial charge on any atom is 0.322 e. The number of nitrogens with one attached hydrogen (secondary N) is 1. The second-order valence-electron chi connectivity index (χ2n) is 7.42. The molecule has 2 aromatic carbocycles. The van der Waals surface area contributed by atoms with Gasteiger partial charge in [0.15, 0.2) is 0 Å². The summed E-state index contributed by atoms with van der Waals surface area (Å²) >= 11 is 6.19. The average Bonchev–Trinajstić information content (AvgIpc) is 3.16. The fourth-order valence-electron chi connectivity index (χ4n) is 3.16. The Balaban J connectivity index is 1.73. The summed E-state index contributed by atoms with van der Waals surface area (Å²) in [6, 6.07) is 17.9. The molecule has 2 amide bonds. The van der Waals surface area contributed by atoms with Crippen LogP contribution >= 0.6 is 11.6 Å². The number of urea groups is 1. The number of ether oxygens (including phenoxy) is 1. The van der Waals surface area contributed by atoms with Gasteiger partial charge in [-0.05, 0) is 49.2 Å². The van der Waals surface area contributed by atoms with Crippen LogP contribution in [0.4, 0.5) is 10.5 Å². The van der Waals surface area contributed by atoms with Gasteiger partial charge in [-0.15, -0.1) is 0 Å². The van der Waals surface area contributed by atoms with Gasteiger partial charge in [0.1, 0.15) is 0 Å². The Kier molecular flexibility index (Phi) is 7.55. The first-order valence-electron chi connectivity index (χ1n) is 9.97. The molecule has 0 aliphatic rings. The molecule has 0 aliphatic carbocycles. The number of aryl methyl sites for hydroxylation is 2. The van der Waals surface area contributed by atoms with Crippen LogP contribution in [0.15, 0.2) is 60.8 Å². The summed E-state index contributed by atoms with van der Waals surface area (Å²) in [5.41, 5.74) is 5.17. The topological polar surface area (TPSA) is 46.5 Å². The zero-order chi connectivity index (χ0) is 21.5. The van der Waals surface area contributed by atoms with Crippen LogP contribution in [0.5, 0.6) is 0 Å². The molecular weight excluding hydrogens is 398 g/mol. The zero-order valence-corrected chi connectivity index (χ0v) is 18.4. The number of amides is 2. The van der Waals surface area contributed by atoms with Crippen molar-refractivity contribution in [2.75, 3.05) is 25.6 Å². The van der Waals surface area contributed by atoms with Gasteiger partial charge in [-0.1, -0.05) is 47.5 Å². The van der Waals surface area contributed by atoms with Crippen LogP contribution < -0.4 is 5.32 Å². The van der Waals surface area contributed by atoms with Crippen LogP contribution in [0.25, 0.3) is 0 Å². The van der Waals surface area contributed by atoms with E-state index in [4.69, 9.17) is 16.3 Å². The molecule has 0 unspecified atom stereocenters. The van der Waals surface area contributed by atoms with E-state index >= 15 is 0 Å². The maximum absolute atomic E-state index is 13.0. The lowest BCUT2D eigenvalue weighted by atomic mass is 10.1. The monoisotopic (exact) mass is 425 g/mol. The van der Waals surface area contributed by atoms with Crippen LogP contribution in [0, 0.1) is 13.8 Å². The van der Waals surface area contributed by atoms with Crippen molar-refractivity contribution in [3.63, 3.8) is 0 Å². The minimum absolute atomic E-state index is 0.185. The Morgan fingerprint density at radius 1 is 1.13 bits per heavy atom. The number of nitrogens with zero attached hydrogens (tertiary/aromatic N) is 2. The van der Waals surface area contributed by atoms with Crippen LogP contribution in [0.2, 0.25) is 5.02 Å². The average molecular weight is 426 g/mol. The van der Waals surface area contributed by atoms with Gasteiger partial charge in [-0.2, -0.15) is 0 Å². The summed E-state index contributed by atoms with van der Waals surface area (Å²) < 4.78 is 7.38. The van der Waals surface area contributed by atoms with Crippen molar-refractivity contribution >= 4 is 23.3 Å². The normalized spacial score (nSPS) is 10.8. The number of carbonyl (C=O) groups is 1. The number of carbonyl (C=O) groups excluding carboxylic acids is 1. The molecule has 1 heterocycles. The Hall–Kier alpha value is -2.76. The van der Waals surface area contributed by atoms with E-state index in [2.05, 4.69) is 41.1 Å². The summed E-state index contributed by atoms with van der Waals surface area (Å²) in [6.07, 6.45) is 2.04. The fraction of sp³-hybridized carbons (Fsp3) is 0.292. The molecule has 6 heteroatoms. The van der Waals surface area contributed by atoms with Crippen molar-refractivity contribution in [1.82, 2.24) is 9.47 Å². The number of benzene rings is 2. The van der Waals surface area contributed by atoms with Gasteiger partial charge in [0.05, 0.1) is 13.2 Å². The van der Waals surface area contributed by atoms with Crippen molar-refractivity contribution < 1.29 is 9.53 Å². The Morgan fingerprint density at radius 3 is 2.60 bits per heavy atom. The van der Waals surface area contributed by atoms with Crippen molar-refractivity contribution in [2.45, 2.75) is 26.9 Å². The summed E-state index contributed by atoms with van der Waals surface area (Å²) in [4.78, 5) is 14.7. The molecular formula is C24H28ClN3O2. The van der Waals surface area contributed by atoms with Crippen LogP contribution in [-0.4, -0.2) is 35.8 Å². The minimum Gasteiger partial charge on any atom is -0.383 e. The van der Waals surface area contributed by atoms with Crippen LogP contribution in [0.3, 0.4) is 0 Å². The summed E-state index contributed by atoms with van der Waals surface area (Å²) in [6.45, 7) is 6.20. The molecule has 0 atom stereocenters. The van der Waals surface area contributed by atoms with Gasteiger partial charge >= 0.3 is 6.03 Å². The van der Waals surface area contributed by atoms with E-state index < -0.39 is 0 Å². The lowest BCUT2D eigenvalue weighted by Gasteiger charge is -2.24. The van der Waals surface area contributed by atoms with Crippen molar-refractivity contribution in [3.8, 4) is 0 Å². The molecule has 158 valence electrons. The number of halogens is 1. The van der Waals surface area contributed by atoms with E-state index in [0.717, 1.165) is 17.8 Å². The van der Waals surface area contributed by atoms with Crippen molar-refractivity contribution in [2.24, 2.45) is 0 Å². The lowest BCUT2D eigenvalue weighted by Crippen LogP contribution is -2.37. The number of aromatic nitrogens is 1. The number of hydrogen-bond donors (Lipinski definition) is 1. The van der Waals surface area contributed by atoms with E-state index in [1.54, 1.807) is 18.1 Å². The lowest BCUT2D eigenvalue weighted by molar-refractivity contribution is 0.152. The zero-order valence-electron chi connectivity index (χ0n) is 17.7. The van der Waals surface area contributed by atoms with E-state index in [-0.39, 0.29) is 6.03 Å². The molecule has 5 nitrogen and oxygen atoms in total. The second kappa shape index (κ2) is 10.3. The highest BCUT2D eigenvalue weighted by atomic mass is 35.5. The van der Waals surface area contributed by atoms with Crippen LogP contribution in [-0.2, 0) is 17.8 Å². The summed E-state index contributed by atoms with van der Waals surface area (Å²) in [5, 5.41) is 3.57. The quantitative estimate of drug-likeness (QED) is 0.518. The summed E-state index contributed by atoms with van der Waals surface area (Å²) in [5.74, 6) is 0. The predicted molar refractivity (Wildman–Crippen MR) is 122 cm³/mol. The third kappa shape index (κ3) is 5.88. The minimum atomic E-state index is -0.185. The van der Waals surface area contributed by atoms with Gasteiger partial charge in [0.2, 0.25) is 0 Å². The van der Waals surface area contributed by atoms with Gasteiger partial charge in [0, 0.05) is 42.8 Å². The molecule has 1 N–H and O–H groups in total. The molecule has 0 fully saturated rings. The highest BCUT2D eigenvalue weighted by molar-refractivity contribution is 6.31. The molecule has 30 heavy (non-hydrogen) atoms. The molecule has 0 radical (unpaired) electrons. The van der Waals surface area contributed by atoms with Crippen molar-refractivity contribution in [1.29, 1.82) is 0 Å². The van der Waals surface area contributed by atoms with Crippen LogP contribution in [0.1, 0.15) is 22.4 Å². The highest BCUT2D eigenvalue weighted by Gasteiger charge is 2.16. The van der Waals surface area contributed by atoms with Gasteiger partial charge in [-0.3, -0.25) is 0 Å². The van der Waals surface area contributed by atoms with E-state index in [0.29, 0.717) is 30.4 Å². The fourth-order valence-corrected chi connectivity index (χ4v) is 3.34. The third-order valence-electron chi connectivity index (χ3n) is 5.03. The predicted octanol–water partition coefficient (Wildman–Crippen LogP) is 5.49. The SMILES string of the molecule is COCCN(Cc1cccn1Cc1ccc(C)cc1)C(=O)Nc1ccc(C)c(Cl)c1. The largest absolute Gasteiger partial charge is 0.383 e. The molecule has 0 aliphatic heterocycles. The molecule has 1 aromatic heterocycles. The molecule has 0 spiro atoms. The van der Waals surface area contributed by atoms with E-state index in [1.807, 2.05) is 37.4 Å². The second-order valence-corrected chi connectivity index (χ2v) is 7.83. The van der Waals surface area contributed by atoms with Crippen molar-refractivity contribution in [3.05, 3.63) is 88.2 Å². The molecule has 3 rings (SSSR count). The first kappa shape index (κ1) is 21.9. The number of hydrogen-bond acceptors (Lipinski definition) is 2. The van der Waals surface area contributed by atoms with E-state index in [1.165, 1.54) is 11.1 Å². The maximum atomic E-state index is 13.0. The van der Waals surface area contributed by atoms with Gasteiger partial charge in [-0.25, -0.2) is 4.79 Å². The third-order valence-corrected chi connectivity index (χ3v) is 5.43. The molecule has 0 saturated carbocycles. The summed E-state index contributed by atoms with van der Waals surface area (Å²) in [7, 11) is 1.63. The van der Waals surface area contributed by atoms with Gasteiger partial charge in [0.25, 0.3) is 0 Å². The number of methoxy groups -OCH3 is 1.